The van der Waals surface area contributed by atoms with Crippen LogP contribution in [0.1, 0.15) is 57.1 Å². The molecular formula is C34H43BF2N4O5. The maximum absolute atomic E-state index is 13.9. The lowest BCUT2D eigenvalue weighted by Crippen LogP contribution is -2.52. The van der Waals surface area contributed by atoms with Crippen molar-refractivity contribution in [2.75, 3.05) is 31.1 Å². The van der Waals surface area contributed by atoms with Crippen molar-refractivity contribution in [3.8, 4) is 6.07 Å². The zero-order valence-corrected chi connectivity index (χ0v) is 26.7. The maximum Gasteiger partial charge on any atom is 0.476 e. The SMILES string of the molecule is Cc1ccc(C[C@@H](B(O)O)N(C(=O)OC[C@@H]2CCCCCN2C(=O)C(C#N)=CC(C)(C)N2CCC(F)(F)C2)c2ccccc2)cc1. The van der Waals surface area contributed by atoms with E-state index in [-0.39, 0.29) is 31.6 Å². The van der Waals surface area contributed by atoms with Crippen LogP contribution in [0.4, 0.5) is 19.3 Å². The lowest BCUT2D eigenvalue weighted by Gasteiger charge is -2.35. The van der Waals surface area contributed by atoms with Crippen LogP contribution in [-0.4, -0.2) is 88.7 Å². The fourth-order valence-corrected chi connectivity index (χ4v) is 6.14. The number of nitrogens with zero attached hydrogens (tertiary/aromatic N) is 4. The Bertz CT molecular complexity index is 1410. The van der Waals surface area contributed by atoms with Crippen molar-refractivity contribution in [3.05, 3.63) is 77.4 Å². The Morgan fingerprint density at radius 2 is 1.83 bits per heavy atom. The minimum absolute atomic E-state index is 0.144. The van der Waals surface area contributed by atoms with Crippen LogP contribution < -0.4 is 4.90 Å². The van der Waals surface area contributed by atoms with Gasteiger partial charge in [0.15, 0.2) is 0 Å². The minimum atomic E-state index is -2.82. The summed E-state index contributed by atoms with van der Waals surface area (Å²) < 4.78 is 33.7. The minimum Gasteiger partial charge on any atom is -0.447 e. The molecule has 2 fully saturated rings. The van der Waals surface area contributed by atoms with E-state index in [0.717, 1.165) is 24.0 Å². The third-order valence-electron chi connectivity index (χ3n) is 8.84. The molecule has 0 saturated carbocycles. The normalized spacial score (nSPS) is 19.6. The van der Waals surface area contributed by atoms with Crippen molar-refractivity contribution in [1.82, 2.24) is 9.80 Å². The number of alkyl halides is 2. The Kier molecular flexibility index (Phi) is 11.6. The van der Waals surface area contributed by atoms with Gasteiger partial charge in [-0.05, 0) is 63.8 Å². The Hall–Kier alpha value is -3.79. The van der Waals surface area contributed by atoms with Crippen LogP contribution in [0.25, 0.3) is 0 Å². The molecule has 0 aromatic heterocycles. The number of anilines is 1. The van der Waals surface area contributed by atoms with Crippen molar-refractivity contribution >= 4 is 24.8 Å². The summed E-state index contributed by atoms with van der Waals surface area (Å²) in [5.41, 5.74) is 1.15. The molecule has 0 unspecified atom stereocenters. The van der Waals surface area contributed by atoms with E-state index in [1.165, 1.54) is 11.0 Å². The second-order valence-electron chi connectivity index (χ2n) is 12.8. The first-order valence-corrected chi connectivity index (χ1v) is 15.8. The number of rotatable bonds is 10. The molecule has 4 rings (SSSR count). The van der Waals surface area contributed by atoms with E-state index < -0.39 is 49.1 Å². The van der Waals surface area contributed by atoms with Gasteiger partial charge in [-0.15, -0.1) is 0 Å². The molecule has 2 atom stereocenters. The van der Waals surface area contributed by atoms with E-state index >= 15 is 0 Å². The molecule has 9 nitrogen and oxygen atoms in total. The summed E-state index contributed by atoms with van der Waals surface area (Å²) in [6.07, 6.45) is 3.37. The Balaban J connectivity index is 1.54. The number of hydrogen-bond donors (Lipinski definition) is 2. The molecule has 0 spiro atoms. The number of carbonyl (C=O) groups is 2. The molecule has 246 valence electrons. The standard InChI is InChI=1S/C34H43BF2N4O5/c1-25-13-15-26(16-14-25)20-30(35(44)45)41(28-10-6-4-7-11-28)32(43)46-23-29-12-8-5-9-18-40(29)31(42)27(22-38)21-33(2,3)39-19-17-34(36,37)24-39/h4,6-7,10-11,13-16,21,29-30,44-45H,5,8-9,12,17-20,23-24H2,1-3H3/t29-,30-/m0/s1. The highest BCUT2D eigenvalue weighted by Crippen LogP contribution is 2.33. The Labute approximate surface area is 270 Å². The summed E-state index contributed by atoms with van der Waals surface area (Å²) in [6, 6.07) is 17.6. The van der Waals surface area contributed by atoms with Crippen molar-refractivity contribution in [3.63, 3.8) is 0 Å². The van der Waals surface area contributed by atoms with E-state index in [0.29, 0.717) is 25.1 Å². The monoisotopic (exact) mass is 636 g/mol. The van der Waals surface area contributed by atoms with E-state index in [1.807, 2.05) is 37.3 Å². The molecule has 12 heteroatoms. The summed E-state index contributed by atoms with van der Waals surface area (Å²) in [7, 11) is -1.88. The third kappa shape index (κ3) is 8.93. The van der Waals surface area contributed by atoms with E-state index in [9.17, 15) is 33.7 Å². The number of amides is 2. The summed E-state index contributed by atoms with van der Waals surface area (Å²) >= 11 is 0. The average molecular weight is 637 g/mol. The zero-order chi connectivity index (χ0) is 33.5. The van der Waals surface area contributed by atoms with Crippen LogP contribution in [0.2, 0.25) is 0 Å². The van der Waals surface area contributed by atoms with Gasteiger partial charge < -0.3 is 19.7 Å². The molecule has 2 saturated heterocycles. The van der Waals surface area contributed by atoms with Gasteiger partial charge in [-0.1, -0.05) is 60.9 Å². The van der Waals surface area contributed by atoms with Crippen molar-refractivity contribution in [1.29, 1.82) is 5.26 Å². The first-order valence-electron chi connectivity index (χ1n) is 15.8. The van der Waals surface area contributed by atoms with Crippen LogP contribution in [0.15, 0.2) is 66.2 Å². The zero-order valence-electron chi connectivity index (χ0n) is 26.7. The number of carbonyl (C=O) groups excluding carboxylic acids is 2. The smallest absolute Gasteiger partial charge is 0.447 e. The number of halogens is 2. The van der Waals surface area contributed by atoms with Gasteiger partial charge in [0.1, 0.15) is 18.2 Å². The van der Waals surface area contributed by atoms with E-state index in [4.69, 9.17) is 4.74 Å². The number of hydrogen-bond acceptors (Lipinski definition) is 7. The predicted molar refractivity (Wildman–Crippen MR) is 172 cm³/mol. The topological polar surface area (TPSA) is 117 Å². The second kappa shape index (κ2) is 15.2. The van der Waals surface area contributed by atoms with Crippen LogP contribution in [0, 0.1) is 18.3 Å². The van der Waals surface area contributed by atoms with E-state index in [2.05, 4.69) is 0 Å². The number of aryl methyl sites for hydroxylation is 1. The maximum atomic E-state index is 13.9. The number of ether oxygens (including phenoxy) is 1. The van der Waals surface area contributed by atoms with Crippen molar-refractivity contribution < 1.29 is 33.2 Å². The average Bonchev–Trinajstić information content (AvgIpc) is 3.24. The second-order valence-corrected chi connectivity index (χ2v) is 12.8. The third-order valence-corrected chi connectivity index (χ3v) is 8.84. The highest BCUT2D eigenvalue weighted by Gasteiger charge is 2.44. The van der Waals surface area contributed by atoms with Crippen molar-refractivity contribution in [2.45, 2.75) is 82.7 Å². The number of para-hydroxylation sites is 1. The largest absolute Gasteiger partial charge is 0.476 e. The summed E-state index contributed by atoms with van der Waals surface area (Å²) in [5.74, 6) is -4.43. The fraction of sp³-hybridized carbons (Fsp3) is 0.500. The van der Waals surface area contributed by atoms with Crippen LogP contribution >= 0.6 is 0 Å². The van der Waals surface area contributed by atoms with Gasteiger partial charge in [0.2, 0.25) is 0 Å². The molecule has 2 aliphatic heterocycles. The predicted octanol–water partition coefficient (Wildman–Crippen LogP) is 4.90. The molecule has 2 amide bonds. The lowest BCUT2D eigenvalue weighted by molar-refractivity contribution is -0.129. The van der Waals surface area contributed by atoms with Crippen LogP contribution in [0.5, 0.6) is 0 Å². The molecule has 0 aliphatic carbocycles. The summed E-state index contributed by atoms with van der Waals surface area (Å²) in [6.45, 7) is 5.24. The van der Waals surface area contributed by atoms with Gasteiger partial charge in [0.25, 0.3) is 11.8 Å². The van der Waals surface area contributed by atoms with Gasteiger partial charge in [-0.3, -0.25) is 14.6 Å². The Morgan fingerprint density at radius 1 is 1.13 bits per heavy atom. The quantitative estimate of drug-likeness (QED) is 0.217. The molecule has 2 N–H and O–H groups in total. The van der Waals surface area contributed by atoms with Crippen LogP contribution in [-0.2, 0) is 16.0 Å². The van der Waals surface area contributed by atoms with Gasteiger partial charge in [-0.25, -0.2) is 13.6 Å². The van der Waals surface area contributed by atoms with Gasteiger partial charge in [-0.2, -0.15) is 5.26 Å². The fourth-order valence-electron chi connectivity index (χ4n) is 6.14. The molecule has 0 radical (unpaired) electrons. The molecular weight excluding hydrogens is 593 g/mol. The van der Waals surface area contributed by atoms with E-state index in [1.54, 1.807) is 54.0 Å². The molecule has 2 aromatic rings. The highest BCUT2D eigenvalue weighted by atomic mass is 19.3. The molecule has 46 heavy (non-hydrogen) atoms. The van der Waals surface area contributed by atoms with Gasteiger partial charge in [0, 0.05) is 30.7 Å². The molecule has 0 bridgehead atoms. The number of benzene rings is 2. The molecule has 2 aliphatic rings. The lowest BCUT2D eigenvalue weighted by atomic mass is 9.74. The molecule has 2 heterocycles. The van der Waals surface area contributed by atoms with Gasteiger partial charge >= 0.3 is 13.2 Å². The Morgan fingerprint density at radius 3 is 2.43 bits per heavy atom. The van der Waals surface area contributed by atoms with Gasteiger partial charge in [0.05, 0.1) is 18.5 Å². The van der Waals surface area contributed by atoms with Crippen LogP contribution in [0.3, 0.4) is 0 Å². The first-order chi connectivity index (χ1) is 21.8. The number of nitriles is 1. The summed E-state index contributed by atoms with van der Waals surface area (Å²) in [4.78, 5) is 31.9. The highest BCUT2D eigenvalue weighted by molar-refractivity contribution is 6.45. The first kappa shape index (κ1) is 35.1. The number of likely N-dealkylation sites (tertiary alicyclic amines) is 2. The van der Waals surface area contributed by atoms with Crippen molar-refractivity contribution in [2.24, 2.45) is 0 Å². The summed E-state index contributed by atoms with van der Waals surface area (Å²) in [5, 5.41) is 30.9. The molecule has 2 aromatic carbocycles.